The molecule has 0 aliphatic heterocycles. The molecule has 0 heterocycles. The number of ether oxygens (including phenoxy) is 1. The molecule has 0 amide bonds. The zero-order valence-corrected chi connectivity index (χ0v) is 10.9. The fourth-order valence-corrected chi connectivity index (χ4v) is 2.46. The number of hydrogen-bond donors (Lipinski definition) is 2. The Labute approximate surface area is 104 Å². The maximum absolute atomic E-state index is 10.9. The first-order chi connectivity index (χ1) is 8.17. The van der Waals surface area contributed by atoms with Gasteiger partial charge in [0, 0.05) is 0 Å². The highest BCUT2D eigenvalue weighted by Gasteiger charge is 2.23. The van der Waals surface area contributed by atoms with Gasteiger partial charge in [0.25, 0.3) is 0 Å². The molecule has 0 saturated heterocycles. The average Bonchev–Trinajstić information content (AvgIpc) is 2.34. The van der Waals surface area contributed by atoms with Gasteiger partial charge in [0.15, 0.2) is 0 Å². The molecule has 1 rings (SSSR count). The third-order valence-electron chi connectivity index (χ3n) is 3.56. The molecule has 3 unspecified atom stereocenters. The second-order valence-electron chi connectivity index (χ2n) is 4.84. The van der Waals surface area contributed by atoms with E-state index in [1.54, 1.807) is 0 Å². The van der Waals surface area contributed by atoms with Crippen molar-refractivity contribution >= 4 is 5.97 Å². The lowest BCUT2D eigenvalue weighted by atomic mass is 9.85. The maximum atomic E-state index is 10.9. The molecular weight excluding hydrogens is 218 g/mol. The van der Waals surface area contributed by atoms with Gasteiger partial charge in [-0.2, -0.15) is 0 Å². The van der Waals surface area contributed by atoms with Gasteiger partial charge in [-0.15, -0.1) is 0 Å². The molecule has 17 heavy (non-hydrogen) atoms. The molecule has 0 aromatic carbocycles. The number of carboxylic acids is 1. The van der Waals surface area contributed by atoms with E-state index in [0.717, 1.165) is 18.8 Å². The summed E-state index contributed by atoms with van der Waals surface area (Å²) in [7, 11) is 0. The van der Waals surface area contributed by atoms with Crippen molar-refractivity contribution in [1.82, 2.24) is 5.32 Å². The number of hydrogen-bond acceptors (Lipinski definition) is 3. The van der Waals surface area contributed by atoms with Gasteiger partial charge in [-0.25, -0.2) is 0 Å². The van der Waals surface area contributed by atoms with Crippen LogP contribution in [-0.2, 0) is 9.53 Å². The number of carboxylic acid groups (broad SMARTS) is 1. The van der Waals surface area contributed by atoms with Crippen LogP contribution in [0.4, 0.5) is 0 Å². The monoisotopic (exact) mass is 243 g/mol. The first-order valence-electron chi connectivity index (χ1n) is 6.75. The van der Waals surface area contributed by atoms with Crippen LogP contribution in [0.2, 0.25) is 0 Å². The molecule has 0 spiro atoms. The topological polar surface area (TPSA) is 58.6 Å². The van der Waals surface area contributed by atoms with Gasteiger partial charge in [-0.3, -0.25) is 4.79 Å². The predicted molar refractivity (Wildman–Crippen MR) is 67.1 cm³/mol. The van der Waals surface area contributed by atoms with Crippen LogP contribution in [0.3, 0.4) is 0 Å². The van der Waals surface area contributed by atoms with Gasteiger partial charge in [0.1, 0.15) is 6.04 Å². The molecule has 3 atom stereocenters. The van der Waals surface area contributed by atoms with Crippen LogP contribution in [0.1, 0.15) is 46.0 Å². The summed E-state index contributed by atoms with van der Waals surface area (Å²) in [5.41, 5.74) is 0. The molecule has 1 saturated carbocycles. The van der Waals surface area contributed by atoms with Crippen molar-refractivity contribution in [3.05, 3.63) is 0 Å². The van der Waals surface area contributed by atoms with E-state index >= 15 is 0 Å². The highest BCUT2D eigenvalue weighted by atomic mass is 16.5. The van der Waals surface area contributed by atoms with Crippen molar-refractivity contribution in [1.29, 1.82) is 0 Å². The summed E-state index contributed by atoms with van der Waals surface area (Å²) >= 11 is 0. The van der Waals surface area contributed by atoms with E-state index in [4.69, 9.17) is 9.84 Å². The minimum Gasteiger partial charge on any atom is -0.480 e. The first-order valence-corrected chi connectivity index (χ1v) is 6.75. The van der Waals surface area contributed by atoms with E-state index in [0.29, 0.717) is 6.54 Å². The predicted octanol–water partition coefficient (Wildman–Crippen LogP) is 2.03. The van der Waals surface area contributed by atoms with Gasteiger partial charge in [-0.05, 0) is 25.3 Å². The number of likely N-dealkylation sites (N-methyl/N-ethyl adjacent to an activating group) is 1. The molecule has 2 N–H and O–H groups in total. The summed E-state index contributed by atoms with van der Waals surface area (Å²) in [6, 6.07) is -0.568. The Balaban J connectivity index is 2.30. The van der Waals surface area contributed by atoms with E-state index in [1.165, 1.54) is 19.3 Å². The van der Waals surface area contributed by atoms with E-state index in [2.05, 4.69) is 12.2 Å². The van der Waals surface area contributed by atoms with E-state index in [1.807, 2.05) is 6.92 Å². The highest BCUT2D eigenvalue weighted by Crippen LogP contribution is 2.28. The molecule has 0 aromatic rings. The van der Waals surface area contributed by atoms with Crippen LogP contribution in [-0.4, -0.2) is 36.4 Å². The Hall–Kier alpha value is -0.610. The fraction of sp³-hybridized carbons (Fsp3) is 0.923. The van der Waals surface area contributed by atoms with E-state index in [-0.39, 0.29) is 12.7 Å². The summed E-state index contributed by atoms with van der Waals surface area (Å²) in [6.45, 7) is 5.06. The third kappa shape index (κ3) is 5.04. The van der Waals surface area contributed by atoms with Gasteiger partial charge in [0.05, 0.1) is 12.7 Å². The number of nitrogens with one attached hydrogen (secondary N) is 1. The lowest BCUT2D eigenvalue weighted by molar-refractivity contribution is -0.142. The van der Waals surface area contributed by atoms with Crippen molar-refractivity contribution in [2.24, 2.45) is 5.92 Å². The normalized spacial score (nSPS) is 26.7. The van der Waals surface area contributed by atoms with E-state index < -0.39 is 12.0 Å². The molecule has 100 valence electrons. The lowest BCUT2D eigenvalue weighted by Crippen LogP contribution is -2.41. The van der Waals surface area contributed by atoms with Crippen LogP contribution in [0, 0.1) is 5.92 Å². The smallest absolute Gasteiger partial charge is 0.323 e. The third-order valence-corrected chi connectivity index (χ3v) is 3.56. The van der Waals surface area contributed by atoms with Gasteiger partial charge in [0.2, 0.25) is 0 Å². The number of aliphatic carboxylic acids is 1. The second-order valence-corrected chi connectivity index (χ2v) is 4.84. The minimum atomic E-state index is -0.824. The largest absolute Gasteiger partial charge is 0.480 e. The Morgan fingerprint density at radius 3 is 2.82 bits per heavy atom. The zero-order valence-electron chi connectivity index (χ0n) is 10.9. The van der Waals surface area contributed by atoms with Crippen molar-refractivity contribution in [3.8, 4) is 0 Å². The zero-order chi connectivity index (χ0) is 12.7. The van der Waals surface area contributed by atoms with E-state index in [9.17, 15) is 4.79 Å². The summed E-state index contributed by atoms with van der Waals surface area (Å²) in [6.07, 6.45) is 6.14. The van der Waals surface area contributed by atoms with Crippen LogP contribution >= 0.6 is 0 Å². The average molecular weight is 243 g/mol. The SMILES string of the molecule is CCNC(COC1CCCC(CC)C1)C(=O)O. The van der Waals surface area contributed by atoms with Crippen molar-refractivity contribution < 1.29 is 14.6 Å². The summed E-state index contributed by atoms with van der Waals surface area (Å²) in [4.78, 5) is 10.9. The van der Waals surface area contributed by atoms with Crippen LogP contribution in [0.15, 0.2) is 0 Å². The molecule has 1 aliphatic rings. The molecule has 0 aromatic heterocycles. The van der Waals surface area contributed by atoms with Gasteiger partial charge >= 0.3 is 5.97 Å². The van der Waals surface area contributed by atoms with Crippen LogP contribution < -0.4 is 5.32 Å². The standard InChI is InChI=1S/C13H25NO3/c1-3-10-6-5-7-11(8-10)17-9-12(13(15)16)14-4-2/h10-12,14H,3-9H2,1-2H3,(H,15,16). The molecule has 1 aliphatic carbocycles. The Kier molecular flexibility index (Phi) is 6.52. The molecule has 1 fully saturated rings. The maximum Gasteiger partial charge on any atom is 0.323 e. The Morgan fingerprint density at radius 2 is 2.24 bits per heavy atom. The van der Waals surface area contributed by atoms with Crippen molar-refractivity contribution in [2.45, 2.75) is 58.1 Å². The summed E-state index contributed by atoms with van der Waals surface area (Å²) in [5.74, 6) is -0.0640. The van der Waals surface area contributed by atoms with Crippen molar-refractivity contribution in [3.63, 3.8) is 0 Å². The quantitative estimate of drug-likeness (QED) is 0.718. The Bertz CT molecular complexity index is 233. The number of rotatable bonds is 7. The molecular formula is C13H25NO3. The second kappa shape index (κ2) is 7.67. The minimum absolute atomic E-state index is 0.259. The molecule has 0 radical (unpaired) electrons. The fourth-order valence-electron chi connectivity index (χ4n) is 2.46. The van der Waals surface area contributed by atoms with Gasteiger partial charge < -0.3 is 15.2 Å². The van der Waals surface area contributed by atoms with Gasteiger partial charge in [-0.1, -0.05) is 33.1 Å². The number of carbonyl (C=O) groups is 1. The molecule has 4 nitrogen and oxygen atoms in total. The highest BCUT2D eigenvalue weighted by molar-refractivity contribution is 5.73. The molecule has 4 heteroatoms. The summed E-state index contributed by atoms with van der Waals surface area (Å²) < 4.78 is 5.75. The first kappa shape index (κ1) is 14.5. The Morgan fingerprint density at radius 1 is 1.47 bits per heavy atom. The summed E-state index contributed by atoms with van der Waals surface area (Å²) in [5, 5.41) is 11.9. The van der Waals surface area contributed by atoms with Crippen LogP contribution in [0.25, 0.3) is 0 Å². The van der Waals surface area contributed by atoms with Crippen molar-refractivity contribution in [2.75, 3.05) is 13.2 Å². The molecule has 0 bridgehead atoms. The van der Waals surface area contributed by atoms with Crippen LogP contribution in [0.5, 0.6) is 0 Å². The lowest BCUT2D eigenvalue weighted by Gasteiger charge is -2.29.